The minimum Gasteiger partial charge on any atom is -0.493 e. The van der Waals surface area contributed by atoms with Gasteiger partial charge in [0.1, 0.15) is 0 Å². The van der Waals surface area contributed by atoms with Crippen LogP contribution in [0, 0.1) is 5.82 Å². The third-order valence-corrected chi connectivity index (χ3v) is 3.47. The average Bonchev–Trinajstić information content (AvgIpc) is 2.46. The molecule has 1 aliphatic rings. The average molecular weight is 268 g/mol. The molecule has 0 radical (unpaired) electrons. The number of methoxy groups -OCH3 is 2. The molecule has 19 heavy (non-hydrogen) atoms. The summed E-state index contributed by atoms with van der Waals surface area (Å²) in [4.78, 5) is 2.34. The van der Waals surface area contributed by atoms with Crippen LogP contribution in [0.15, 0.2) is 12.1 Å². The Morgan fingerprint density at radius 2 is 1.95 bits per heavy atom. The van der Waals surface area contributed by atoms with E-state index in [4.69, 9.17) is 9.47 Å². The summed E-state index contributed by atoms with van der Waals surface area (Å²) >= 11 is 0. The first-order valence-corrected chi connectivity index (χ1v) is 6.58. The summed E-state index contributed by atoms with van der Waals surface area (Å²) in [6, 6.07) is 3.54. The molecule has 4 nitrogen and oxygen atoms in total. The van der Waals surface area contributed by atoms with Gasteiger partial charge < -0.3 is 19.7 Å². The fourth-order valence-electron chi connectivity index (χ4n) is 2.34. The summed E-state index contributed by atoms with van der Waals surface area (Å²) in [5, 5.41) is 3.31. The number of nitrogens with one attached hydrogen (secondary N) is 1. The van der Waals surface area contributed by atoms with E-state index in [0.717, 1.165) is 32.7 Å². The predicted octanol–water partition coefficient (Wildman–Crippen LogP) is 1.29. The van der Waals surface area contributed by atoms with Gasteiger partial charge in [-0.15, -0.1) is 0 Å². The first-order valence-electron chi connectivity index (χ1n) is 6.58. The fraction of sp³-hybridized carbons (Fsp3) is 0.571. The van der Waals surface area contributed by atoms with Crippen molar-refractivity contribution >= 4 is 0 Å². The van der Waals surface area contributed by atoms with Gasteiger partial charge in [0.25, 0.3) is 0 Å². The van der Waals surface area contributed by atoms with E-state index in [-0.39, 0.29) is 11.6 Å². The molecule has 1 aromatic rings. The minimum atomic E-state index is -0.308. The van der Waals surface area contributed by atoms with Gasteiger partial charge in [-0.1, -0.05) is 6.07 Å². The quantitative estimate of drug-likeness (QED) is 0.872. The van der Waals surface area contributed by atoms with Crippen LogP contribution in [0.3, 0.4) is 0 Å². The third-order valence-electron chi connectivity index (χ3n) is 3.47. The lowest BCUT2D eigenvalue weighted by molar-refractivity contribution is 0.242. The number of hydrogen-bond acceptors (Lipinski definition) is 4. The normalized spacial score (nSPS) is 16.4. The van der Waals surface area contributed by atoms with Crippen molar-refractivity contribution < 1.29 is 13.9 Å². The van der Waals surface area contributed by atoms with E-state index in [0.29, 0.717) is 17.7 Å². The zero-order valence-electron chi connectivity index (χ0n) is 11.5. The van der Waals surface area contributed by atoms with Crippen LogP contribution in [-0.4, -0.2) is 51.8 Å². The first-order chi connectivity index (χ1) is 9.26. The van der Waals surface area contributed by atoms with Gasteiger partial charge in [-0.05, 0) is 18.1 Å². The van der Waals surface area contributed by atoms with E-state index in [1.165, 1.54) is 14.2 Å². The largest absolute Gasteiger partial charge is 0.493 e. The molecule has 1 aromatic carbocycles. The molecule has 0 unspecified atom stereocenters. The highest BCUT2D eigenvalue weighted by atomic mass is 19.1. The second kappa shape index (κ2) is 6.73. The smallest absolute Gasteiger partial charge is 0.197 e. The molecule has 2 rings (SSSR count). The number of benzene rings is 1. The summed E-state index contributed by atoms with van der Waals surface area (Å²) < 4.78 is 24.4. The van der Waals surface area contributed by atoms with E-state index in [1.54, 1.807) is 12.1 Å². The van der Waals surface area contributed by atoms with Crippen molar-refractivity contribution in [1.29, 1.82) is 0 Å². The molecule has 1 saturated heterocycles. The third kappa shape index (κ3) is 3.36. The van der Waals surface area contributed by atoms with Crippen LogP contribution in [0.2, 0.25) is 0 Å². The number of ether oxygens (including phenoxy) is 2. The fourth-order valence-corrected chi connectivity index (χ4v) is 2.34. The van der Waals surface area contributed by atoms with Gasteiger partial charge in [-0.3, -0.25) is 0 Å². The number of piperazine rings is 1. The van der Waals surface area contributed by atoms with E-state index in [9.17, 15) is 4.39 Å². The van der Waals surface area contributed by atoms with Gasteiger partial charge in [-0.25, -0.2) is 4.39 Å². The Labute approximate surface area is 113 Å². The number of nitrogens with zero attached hydrogens (tertiary/aromatic N) is 1. The molecule has 0 aromatic heterocycles. The Kier molecular flexibility index (Phi) is 4.99. The molecule has 0 aliphatic carbocycles. The Hall–Kier alpha value is -1.33. The van der Waals surface area contributed by atoms with Gasteiger partial charge in [0, 0.05) is 32.7 Å². The second-order valence-corrected chi connectivity index (χ2v) is 4.62. The Morgan fingerprint density at radius 3 is 2.58 bits per heavy atom. The number of rotatable bonds is 5. The lowest BCUT2D eigenvalue weighted by Crippen LogP contribution is -2.44. The maximum absolute atomic E-state index is 14.2. The maximum atomic E-state index is 14.2. The Bertz CT molecular complexity index is 420. The Balaban J connectivity index is 2.03. The number of hydrogen-bond donors (Lipinski definition) is 1. The van der Waals surface area contributed by atoms with Crippen LogP contribution in [-0.2, 0) is 6.42 Å². The highest BCUT2D eigenvalue weighted by Gasteiger charge is 2.16. The number of halogens is 1. The molecule has 0 bridgehead atoms. The molecule has 1 fully saturated rings. The standard InChI is InChI=1S/C14H21FN2O2/c1-18-12-4-3-11(13(15)14(12)19-2)5-8-17-9-6-16-7-10-17/h3-4,16H,5-10H2,1-2H3. The van der Waals surface area contributed by atoms with Gasteiger partial charge in [0.05, 0.1) is 14.2 Å². The molecule has 0 saturated carbocycles. The van der Waals surface area contributed by atoms with Crippen LogP contribution >= 0.6 is 0 Å². The first kappa shape index (κ1) is 14.1. The molecule has 0 spiro atoms. The SMILES string of the molecule is COc1ccc(CCN2CCNCC2)c(F)c1OC. The summed E-state index contributed by atoms with van der Waals surface area (Å²) in [7, 11) is 2.97. The minimum absolute atomic E-state index is 0.195. The molecule has 5 heteroatoms. The Morgan fingerprint density at radius 1 is 1.21 bits per heavy atom. The van der Waals surface area contributed by atoms with Crippen molar-refractivity contribution in [2.45, 2.75) is 6.42 Å². The summed E-state index contributed by atoms with van der Waals surface area (Å²) in [6.07, 6.45) is 0.687. The van der Waals surface area contributed by atoms with Crippen LogP contribution in [0.4, 0.5) is 4.39 Å². The van der Waals surface area contributed by atoms with Crippen molar-refractivity contribution in [2.24, 2.45) is 0 Å². The molecular weight excluding hydrogens is 247 g/mol. The molecule has 0 atom stereocenters. The molecule has 1 N–H and O–H groups in total. The lowest BCUT2D eigenvalue weighted by Gasteiger charge is -2.27. The zero-order valence-corrected chi connectivity index (χ0v) is 11.5. The van der Waals surface area contributed by atoms with Crippen molar-refractivity contribution in [2.75, 3.05) is 46.9 Å². The van der Waals surface area contributed by atoms with E-state index < -0.39 is 0 Å². The van der Waals surface area contributed by atoms with Gasteiger partial charge >= 0.3 is 0 Å². The summed E-state index contributed by atoms with van der Waals surface area (Å²) in [6.45, 7) is 4.93. The van der Waals surface area contributed by atoms with Gasteiger partial charge in [0.2, 0.25) is 0 Å². The van der Waals surface area contributed by atoms with E-state index in [1.807, 2.05) is 0 Å². The van der Waals surface area contributed by atoms with Crippen molar-refractivity contribution in [3.63, 3.8) is 0 Å². The second-order valence-electron chi connectivity index (χ2n) is 4.62. The molecule has 0 amide bonds. The van der Waals surface area contributed by atoms with Crippen molar-refractivity contribution in [1.82, 2.24) is 10.2 Å². The van der Waals surface area contributed by atoms with Crippen LogP contribution in [0.25, 0.3) is 0 Å². The summed E-state index contributed by atoms with van der Waals surface area (Å²) in [5.74, 6) is 0.322. The molecule has 106 valence electrons. The monoisotopic (exact) mass is 268 g/mol. The lowest BCUT2D eigenvalue weighted by atomic mass is 10.1. The molecular formula is C14H21FN2O2. The molecule has 1 aliphatic heterocycles. The molecule has 1 heterocycles. The van der Waals surface area contributed by atoms with Crippen LogP contribution in [0.5, 0.6) is 11.5 Å². The topological polar surface area (TPSA) is 33.7 Å². The van der Waals surface area contributed by atoms with E-state index >= 15 is 0 Å². The van der Waals surface area contributed by atoms with Crippen LogP contribution in [0.1, 0.15) is 5.56 Å². The van der Waals surface area contributed by atoms with Gasteiger partial charge in [-0.2, -0.15) is 0 Å². The summed E-state index contributed by atoms with van der Waals surface area (Å²) in [5.41, 5.74) is 0.677. The predicted molar refractivity (Wildman–Crippen MR) is 72.5 cm³/mol. The van der Waals surface area contributed by atoms with Crippen molar-refractivity contribution in [3.8, 4) is 11.5 Å². The van der Waals surface area contributed by atoms with Gasteiger partial charge in [0.15, 0.2) is 17.3 Å². The highest BCUT2D eigenvalue weighted by molar-refractivity contribution is 5.44. The maximum Gasteiger partial charge on any atom is 0.197 e. The van der Waals surface area contributed by atoms with Crippen LogP contribution < -0.4 is 14.8 Å². The zero-order chi connectivity index (χ0) is 13.7. The van der Waals surface area contributed by atoms with Crippen molar-refractivity contribution in [3.05, 3.63) is 23.5 Å². The van der Waals surface area contributed by atoms with E-state index in [2.05, 4.69) is 10.2 Å². The highest BCUT2D eigenvalue weighted by Crippen LogP contribution is 2.32.